The van der Waals surface area contributed by atoms with Gasteiger partial charge in [0.1, 0.15) is 24.0 Å². The van der Waals surface area contributed by atoms with E-state index >= 15 is 0 Å². The Balaban J connectivity index is 1.18. The molecule has 1 heterocycles. The molecule has 8 nitrogen and oxygen atoms in total. The van der Waals surface area contributed by atoms with E-state index in [-0.39, 0.29) is 24.9 Å². The Morgan fingerprint density at radius 1 is 0.727 bits per heavy atom. The van der Waals surface area contributed by atoms with Crippen molar-refractivity contribution in [2.24, 2.45) is 0 Å². The van der Waals surface area contributed by atoms with Crippen molar-refractivity contribution < 1.29 is 33.2 Å². The molecular formula is C36H43NO7. The molecule has 234 valence electrons. The third-order valence-corrected chi connectivity index (χ3v) is 7.88. The molecule has 1 N–H and O–H groups in total. The van der Waals surface area contributed by atoms with Gasteiger partial charge in [-0.2, -0.15) is 0 Å². The van der Waals surface area contributed by atoms with Crippen LogP contribution in [0, 0.1) is 0 Å². The summed E-state index contributed by atoms with van der Waals surface area (Å²) in [6.45, 7) is 3.79. The van der Waals surface area contributed by atoms with Crippen molar-refractivity contribution in [3.8, 4) is 17.2 Å². The third-order valence-electron chi connectivity index (χ3n) is 7.88. The lowest BCUT2D eigenvalue weighted by Gasteiger charge is -2.38. The minimum absolute atomic E-state index is 0.0196. The highest BCUT2D eigenvalue weighted by Gasteiger charge is 2.36. The van der Waals surface area contributed by atoms with E-state index in [0.29, 0.717) is 33.0 Å². The highest BCUT2D eigenvalue weighted by Crippen LogP contribution is 2.33. The van der Waals surface area contributed by atoms with Crippen LogP contribution in [0.3, 0.4) is 0 Å². The minimum Gasteiger partial charge on any atom is -0.496 e. The van der Waals surface area contributed by atoms with Crippen LogP contribution in [0.5, 0.6) is 17.2 Å². The molecule has 4 aromatic carbocycles. The summed E-state index contributed by atoms with van der Waals surface area (Å²) in [4.78, 5) is 0. The lowest BCUT2D eigenvalue weighted by molar-refractivity contribution is -0.113. The molecule has 0 aliphatic carbocycles. The van der Waals surface area contributed by atoms with Gasteiger partial charge >= 0.3 is 0 Å². The molecule has 5 rings (SSSR count). The molecule has 1 aliphatic heterocycles. The standard InChI is InChI=1S/C36H43NO7/c1-38-25-44-35-22-37-21-34(43-23-26-19-28-9-4-6-11-31(28)33(20-26)40-3)36(35)27-13-15-30(16-14-27)42-18-8-17-41-24-29-10-5-7-12-32(29)39-2/h4-7,9-16,19-20,34-37H,8,17-18,21-25H2,1-3H3. The van der Waals surface area contributed by atoms with E-state index < -0.39 is 0 Å². The van der Waals surface area contributed by atoms with Crippen LogP contribution in [-0.4, -0.2) is 66.6 Å². The molecule has 0 aromatic heterocycles. The molecular weight excluding hydrogens is 558 g/mol. The second kappa shape index (κ2) is 16.4. The van der Waals surface area contributed by atoms with Crippen molar-refractivity contribution in [1.29, 1.82) is 0 Å². The first-order valence-corrected chi connectivity index (χ1v) is 15.1. The Kier molecular flexibility index (Phi) is 11.9. The summed E-state index contributed by atoms with van der Waals surface area (Å²) in [5, 5.41) is 5.70. The quantitative estimate of drug-likeness (QED) is 0.122. The van der Waals surface area contributed by atoms with E-state index in [1.165, 1.54) is 0 Å². The third kappa shape index (κ3) is 8.28. The average Bonchev–Trinajstić information content (AvgIpc) is 3.08. The van der Waals surface area contributed by atoms with Crippen LogP contribution >= 0.6 is 0 Å². The normalized spacial score (nSPS) is 18.3. The summed E-state index contributed by atoms with van der Waals surface area (Å²) in [7, 11) is 5.02. The van der Waals surface area contributed by atoms with Crippen LogP contribution < -0.4 is 19.5 Å². The molecule has 0 bridgehead atoms. The Bertz CT molecular complexity index is 1440. The second-order valence-electron chi connectivity index (χ2n) is 10.8. The van der Waals surface area contributed by atoms with Gasteiger partial charge in [-0.3, -0.25) is 0 Å². The van der Waals surface area contributed by atoms with Crippen LogP contribution in [0.2, 0.25) is 0 Å². The van der Waals surface area contributed by atoms with Crippen molar-refractivity contribution in [3.05, 3.63) is 102 Å². The molecule has 1 saturated heterocycles. The highest BCUT2D eigenvalue weighted by molar-refractivity contribution is 5.89. The molecule has 0 amide bonds. The summed E-state index contributed by atoms with van der Waals surface area (Å²) in [5.74, 6) is 2.53. The number of nitrogens with one attached hydrogen (secondary N) is 1. The summed E-state index contributed by atoms with van der Waals surface area (Å²) in [6.07, 6.45) is 0.579. The van der Waals surface area contributed by atoms with Crippen molar-refractivity contribution in [1.82, 2.24) is 5.32 Å². The number of fused-ring (bicyclic) bond motifs is 1. The predicted molar refractivity (Wildman–Crippen MR) is 171 cm³/mol. The first kappa shape index (κ1) is 31.8. The SMILES string of the molecule is COCOC1CNCC(OCc2cc(OC)c3ccccc3c2)C1c1ccc(OCCCOCc2ccccc2OC)cc1. The molecule has 0 saturated carbocycles. The second-order valence-corrected chi connectivity index (χ2v) is 10.8. The van der Waals surface area contributed by atoms with Crippen molar-refractivity contribution in [3.63, 3.8) is 0 Å². The molecule has 1 aliphatic rings. The number of piperidine rings is 1. The highest BCUT2D eigenvalue weighted by atomic mass is 16.7. The zero-order chi connectivity index (χ0) is 30.6. The van der Waals surface area contributed by atoms with Crippen LogP contribution in [0.15, 0.2) is 84.9 Å². The monoisotopic (exact) mass is 601 g/mol. The molecule has 1 fully saturated rings. The lowest BCUT2D eigenvalue weighted by Crippen LogP contribution is -2.50. The molecule has 44 heavy (non-hydrogen) atoms. The maximum atomic E-state index is 6.58. The van der Waals surface area contributed by atoms with Gasteiger partial charge in [0.05, 0.1) is 52.9 Å². The fourth-order valence-corrected chi connectivity index (χ4v) is 5.70. The molecule has 0 radical (unpaired) electrons. The van der Waals surface area contributed by atoms with Crippen LogP contribution in [-0.2, 0) is 32.2 Å². The summed E-state index contributed by atoms with van der Waals surface area (Å²) >= 11 is 0. The lowest BCUT2D eigenvalue weighted by atomic mass is 9.85. The predicted octanol–water partition coefficient (Wildman–Crippen LogP) is 6.10. The fourth-order valence-electron chi connectivity index (χ4n) is 5.70. The van der Waals surface area contributed by atoms with E-state index in [9.17, 15) is 0 Å². The Hall–Kier alpha value is -3.66. The van der Waals surface area contributed by atoms with Gasteiger partial charge in [-0.1, -0.05) is 54.6 Å². The fraction of sp³-hybridized carbons (Fsp3) is 0.389. The molecule has 0 spiro atoms. The summed E-state index contributed by atoms with van der Waals surface area (Å²) in [6, 6.07) is 28.6. The van der Waals surface area contributed by atoms with Crippen LogP contribution in [0.4, 0.5) is 0 Å². The number of benzene rings is 4. The maximum Gasteiger partial charge on any atom is 0.146 e. The van der Waals surface area contributed by atoms with Gasteiger partial charge in [-0.05, 0) is 46.8 Å². The Morgan fingerprint density at radius 2 is 1.48 bits per heavy atom. The van der Waals surface area contributed by atoms with Gasteiger partial charge in [-0.25, -0.2) is 0 Å². The molecule has 3 atom stereocenters. The minimum atomic E-state index is -0.105. The Labute approximate surface area is 260 Å². The van der Waals surface area contributed by atoms with E-state index in [1.807, 2.05) is 48.5 Å². The zero-order valence-corrected chi connectivity index (χ0v) is 25.8. The largest absolute Gasteiger partial charge is 0.496 e. The first-order valence-electron chi connectivity index (χ1n) is 15.1. The molecule has 4 aromatic rings. The number of rotatable bonds is 16. The van der Waals surface area contributed by atoms with Crippen LogP contribution in [0.25, 0.3) is 10.8 Å². The number of para-hydroxylation sites is 1. The number of hydrogen-bond donors (Lipinski definition) is 1. The topological polar surface area (TPSA) is 76.6 Å². The summed E-state index contributed by atoms with van der Waals surface area (Å²) in [5.41, 5.74) is 3.24. The molecule has 8 heteroatoms. The van der Waals surface area contributed by atoms with Gasteiger partial charge in [0.25, 0.3) is 0 Å². The average molecular weight is 602 g/mol. The van der Waals surface area contributed by atoms with E-state index in [1.54, 1.807) is 21.3 Å². The number of ether oxygens (including phenoxy) is 7. The number of hydrogen-bond acceptors (Lipinski definition) is 8. The Morgan fingerprint density at radius 3 is 2.27 bits per heavy atom. The van der Waals surface area contributed by atoms with Gasteiger partial charge in [0.2, 0.25) is 0 Å². The van der Waals surface area contributed by atoms with Crippen molar-refractivity contribution in [2.45, 2.75) is 37.8 Å². The zero-order valence-electron chi connectivity index (χ0n) is 25.8. The van der Waals surface area contributed by atoms with E-state index in [2.05, 4.69) is 41.7 Å². The summed E-state index contributed by atoms with van der Waals surface area (Å²) < 4.78 is 40.9. The van der Waals surface area contributed by atoms with Crippen molar-refractivity contribution in [2.75, 3.05) is 54.4 Å². The smallest absolute Gasteiger partial charge is 0.146 e. The van der Waals surface area contributed by atoms with Gasteiger partial charge in [0.15, 0.2) is 0 Å². The first-order chi connectivity index (χ1) is 21.7. The van der Waals surface area contributed by atoms with Crippen molar-refractivity contribution >= 4 is 10.8 Å². The number of methoxy groups -OCH3 is 3. The van der Waals surface area contributed by atoms with Gasteiger partial charge in [-0.15, -0.1) is 0 Å². The molecule has 3 unspecified atom stereocenters. The van der Waals surface area contributed by atoms with E-state index in [4.69, 9.17) is 33.2 Å². The van der Waals surface area contributed by atoms with E-state index in [0.717, 1.165) is 57.7 Å². The van der Waals surface area contributed by atoms with Gasteiger partial charge < -0.3 is 38.5 Å². The van der Waals surface area contributed by atoms with Gasteiger partial charge in [0, 0.05) is 43.5 Å². The maximum absolute atomic E-state index is 6.58. The van der Waals surface area contributed by atoms with Crippen LogP contribution in [0.1, 0.15) is 29.0 Å².